The fourth-order valence-corrected chi connectivity index (χ4v) is 2.33. The van der Waals surface area contributed by atoms with Crippen LogP contribution in [-0.4, -0.2) is 29.4 Å². The van der Waals surface area contributed by atoms with Gasteiger partial charge in [-0.25, -0.2) is 0 Å². The van der Waals surface area contributed by atoms with Crippen molar-refractivity contribution < 1.29 is 14.4 Å². The topological polar surface area (TPSA) is 80.5 Å². The molecule has 2 rings (SSSR count). The number of carbonyl (C=O) groups is 3. The number of benzene rings is 1. The van der Waals surface area contributed by atoms with E-state index in [-0.39, 0.29) is 12.3 Å². The van der Waals surface area contributed by atoms with Crippen molar-refractivity contribution in [3.63, 3.8) is 0 Å². The Kier molecular flexibility index (Phi) is 4.06. The van der Waals surface area contributed by atoms with E-state index in [9.17, 15) is 14.4 Å². The first-order valence-corrected chi connectivity index (χ1v) is 6.23. The van der Waals surface area contributed by atoms with Gasteiger partial charge in [0.25, 0.3) is 5.91 Å². The summed E-state index contributed by atoms with van der Waals surface area (Å²) < 4.78 is 0. The summed E-state index contributed by atoms with van der Waals surface area (Å²) in [5.41, 5.74) is 8.05. The van der Waals surface area contributed by atoms with Crippen LogP contribution in [0.5, 0.6) is 0 Å². The molecule has 0 spiro atoms. The highest BCUT2D eigenvalue weighted by Gasteiger charge is 2.32. The molecule has 0 aliphatic carbocycles. The van der Waals surface area contributed by atoms with E-state index in [1.807, 2.05) is 12.1 Å². The van der Waals surface area contributed by atoms with Gasteiger partial charge in [0.15, 0.2) is 0 Å². The number of carbonyl (C=O) groups excluding carboxylic acids is 3. The van der Waals surface area contributed by atoms with Gasteiger partial charge in [0, 0.05) is 25.1 Å². The first-order valence-electron chi connectivity index (χ1n) is 6.23. The molecule has 1 heterocycles. The molecule has 1 amide bonds. The van der Waals surface area contributed by atoms with Gasteiger partial charge in [-0.1, -0.05) is 12.1 Å². The maximum atomic E-state index is 12.2. The number of nitrogens with two attached hydrogens (primary N) is 1. The van der Waals surface area contributed by atoms with E-state index in [0.29, 0.717) is 25.1 Å². The summed E-state index contributed by atoms with van der Waals surface area (Å²) in [4.78, 5) is 35.2. The molecule has 2 N–H and O–H groups in total. The maximum absolute atomic E-state index is 12.2. The smallest absolute Gasteiger partial charge is 0.255 e. The fraction of sp³-hybridized carbons (Fsp3) is 0.357. The Morgan fingerprint density at radius 3 is 2.79 bits per heavy atom. The summed E-state index contributed by atoms with van der Waals surface area (Å²) in [6, 6.07) is 4.93. The number of rotatable bonds is 6. The van der Waals surface area contributed by atoms with Crippen LogP contribution < -0.4 is 5.73 Å². The monoisotopic (exact) mass is 260 g/mol. The van der Waals surface area contributed by atoms with Crippen LogP contribution in [0.3, 0.4) is 0 Å². The SMILES string of the molecule is NCc1ccc2c(c1)CN(C(C=O)CCC=O)C2=O. The molecule has 100 valence electrons. The quantitative estimate of drug-likeness (QED) is 0.761. The first-order chi connectivity index (χ1) is 9.21. The Morgan fingerprint density at radius 1 is 1.37 bits per heavy atom. The number of fused-ring (bicyclic) bond motifs is 1. The van der Waals surface area contributed by atoms with Crippen molar-refractivity contribution in [2.45, 2.75) is 32.0 Å². The van der Waals surface area contributed by atoms with E-state index < -0.39 is 6.04 Å². The van der Waals surface area contributed by atoms with Gasteiger partial charge in [-0.2, -0.15) is 0 Å². The molecule has 0 bridgehead atoms. The van der Waals surface area contributed by atoms with Crippen LogP contribution in [0.4, 0.5) is 0 Å². The van der Waals surface area contributed by atoms with Gasteiger partial charge in [0.1, 0.15) is 12.6 Å². The second-order valence-corrected chi connectivity index (χ2v) is 4.58. The lowest BCUT2D eigenvalue weighted by Gasteiger charge is -2.22. The Balaban J connectivity index is 2.21. The highest BCUT2D eigenvalue weighted by Crippen LogP contribution is 2.26. The van der Waals surface area contributed by atoms with Crippen molar-refractivity contribution in [2.75, 3.05) is 0 Å². The van der Waals surface area contributed by atoms with E-state index in [2.05, 4.69) is 0 Å². The van der Waals surface area contributed by atoms with Crippen LogP contribution in [0.25, 0.3) is 0 Å². The minimum Gasteiger partial charge on any atom is -0.326 e. The zero-order chi connectivity index (χ0) is 13.8. The second kappa shape index (κ2) is 5.75. The van der Waals surface area contributed by atoms with E-state index in [4.69, 9.17) is 5.73 Å². The molecular weight excluding hydrogens is 244 g/mol. The molecule has 5 nitrogen and oxygen atoms in total. The molecule has 0 saturated heterocycles. The van der Waals surface area contributed by atoms with Gasteiger partial charge in [-0.3, -0.25) is 4.79 Å². The zero-order valence-electron chi connectivity index (χ0n) is 10.5. The Morgan fingerprint density at radius 2 is 2.16 bits per heavy atom. The first kappa shape index (κ1) is 13.4. The fourth-order valence-electron chi connectivity index (χ4n) is 2.33. The van der Waals surface area contributed by atoms with Crippen LogP contribution >= 0.6 is 0 Å². The molecule has 1 aliphatic heterocycles. The van der Waals surface area contributed by atoms with Gasteiger partial charge >= 0.3 is 0 Å². The molecule has 0 fully saturated rings. The highest BCUT2D eigenvalue weighted by molar-refractivity contribution is 5.99. The number of hydrogen-bond acceptors (Lipinski definition) is 4. The summed E-state index contributed by atoms with van der Waals surface area (Å²) in [5.74, 6) is -0.151. The molecule has 1 aromatic rings. The van der Waals surface area contributed by atoms with E-state index in [1.165, 1.54) is 4.90 Å². The third kappa shape index (κ3) is 2.56. The van der Waals surface area contributed by atoms with Crippen molar-refractivity contribution in [3.8, 4) is 0 Å². The zero-order valence-corrected chi connectivity index (χ0v) is 10.5. The average molecular weight is 260 g/mol. The summed E-state index contributed by atoms with van der Waals surface area (Å²) in [7, 11) is 0. The lowest BCUT2D eigenvalue weighted by atomic mass is 10.1. The summed E-state index contributed by atoms with van der Waals surface area (Å²) >= 11 is 0. The lowest BCUT2D eigenvalue weighted by molar-refractivity contribution is -0.112. The number of aldehydes is 2. The molecule has 1 aliphatic rings. The molecule has 1 unspecified atom stereocenters. The normalized spacial score (nSPS) is 15.2. The summed E-state index contributed by atoms with van der Waals surface area (Å²) in [6.45, 7) is 0.827. The largest absolute Gasteiger partial charge is 0.326 e. The average Bonchev–Trinajstić information content (AvgIpc) is 2.76. The summed E-state index contributed by atoms with van der Waals surface area (Å²) in [6.07, 6.45) is 2.14. The standard InChI is InChI=1S/C14H16N2O3/c15-7-10-3-4-13-11(6-10)8-16(14(13)19)12(9-18)2-1-5-17/h3-6,9,12H,1-2,7-8,15H2. The minimum absolute atomic E-state index is 0.151. The number of nitrogens with zero attached hydrogens (tertiary/aromatic N) is 1. The molecule has 5 heteroatoms. The molecule has 0 saturated carbocycles. The van der Waals surface area contributed by atoms with Crippen molar-refractivity contribution in [2.24, 2.45) is 5.73 Å². The number of amides is 1. The predicted molar refractivity (Wildman–Crippen MR) is 69.4 cm³/mol. The van der Waals surface area contributed by atoms with Gasteiger partial charge in [0.2, 0.25) is 0 Å². The molecule has 19 heavy (non-hydrogen) atoms. The van der Waals surface area contributed by atoms with Crippen LogP contribution in [0.15, 0.2) is 18.2 Å². The second-order valence-electron chi connectivity index (χ2n) is 4.58. The van der Waals surface area contributed by atoms with Crippen molar-refractivity contribution in [1.29, 1.82) is 0 Å². The van der Waals surface area contributed by atoms with Crippen LogP contribution in [0, 0.1) is 0 Å². The van der Waals surface area contributed by atoms with Gasteiger partial charge in [-0.15, -0.1) is 0 Å². The van der Waals surface area contributed by atoms with E-state index in [0.717, 1.165) is 23.7 Å². The van der Waals surface area contributed by atoms with Crippen molar-refractivity contribution in [3.05, 3.63) is 34.9 Å². The van der Waals surface area contributed by atoms with E-state index in [1.54, 1.807) is 6.07 Å². The van der Waals surface area contributed by atoms with Crippen LogP contribution in [-0.2, 0) is 22.7 Å². The maximum Gasteiger partial charge on any atom is 0.255 e. The Hall–Kier alpha value is -2.01. The van der Waals surface area contributed by atoms with Gasteiger partial charge < -0.3 is 20.2 Å². The molecular formula is C14H16N2O3. The predicted octanol–water partition coefficient (Wildman–Crippen LogP) is 0.648. The Labute approximate surface area is 111 Å². The number of hydrogen-bond donors (Lipinski definition) is 1. The molecule has 1 aromatic carbocycles. The third-order valence-electron chi connectivity index (χ3n) is 3.38. The Bertz CT molecular complexity index is 513. The van der Waals surface area contributed by atoms with Crippen molar-refractivity contribution >= 4 is 18.5 Å². The molecule has 0 aromatic heterocycles. The summed E-state index contributed by atoms with van der Waals surface area (Å²) in [5, 5.41) is 0. The highest BCUT2D eigenvalue weighted by atomic mass is 16.2. The third-order valence-corrected chi connectivity index (χ3v) is 3.38. The molecule has 1 atom stereocenters. The molecule has 0 radical (unpaired) electrons. The minimum atomic E-state index is -0.536. The van der Waals surface area contributed by atoms with Crippen LogP contribution in [0.2, 0.25) is 0 Å². The van der Waals surface area contributed by atoms with Gasteiger partial charge in [-0.05, 0) is 23.6 Å². The lowest BCUT2D eigenvalue weighted by Crippen LogP contribution is -2.36. The van der Waals surface area contributed by atoms with Crippen LogP contribution in [0.1, 0.15) is 34.3 Å². The van der Waals surface area contributed by atoms with Crippen molar-refractivity contribution in [1.82, 2.24) is 4.90 Å². The van der Waals surface area contributed by atoms with Gasteiger partial charge in [0.05, 0.1) is 6.04 Å². The van der Waals surface area contributed by atoms with E-state index >= 15 is 0 Å².